The second-order valence-electron chi connectivity index (χ2n) is 7.60. The lowest BCUT2D eigenvalue weighted by molar-refractivity contribution is -0.140. The summed E-state index contributed by atoms with van der Waals surface area (Å²) >= 11 is 0. The molecule has 1 saturated heterocycles. The molecule has 5 heteroatoms. The van der Waals surface area contributed by atoms with Crippen LogP contribution < -0.4 is 5.32 Å². The molecular weight excluding hydrogens is 338 g/mol. The normalized spacial score (nSPS) is 18.4. The van der Waals surface area contributed by atoms with E-state index in [2.05, 4.69) is 24.1 Å². The van der Waals surface area contributed by atoms with Crippen LogP contribution in [0.5, 0.6) is 0 Å². The van der Waals surface area contributed by atoms with Gasteiger partial charge in [0.15, 0.2) is 0 Å². The van der Waals surface area contributed by atoms with Gasteiger partial charge in [-0.15, -0.1) is 0 Å². The van der Waals surface area contributed by atoms with Crippen molar-refractivity contribution in [2.24, 2.45) is 0 Å². The molecule has 2 rings (SSSR count). The molecule has 1 N–H and O–H groups in total. The first-order chi connectivity index (χ1) is 13.0. The number of rotatable bonds is 8. The Morgan fingerprint density at radius 1 is 1.26 bits per heavy atom. The molecule has 5 nitrogen and oxygen atoms in total. The summed E-state index contributed by atoms with van der Waals surface area (Å²) in [4.78, 5) is 29.8. The number of carbonyl (C=O) groups is 2. The molecule has 0 aromatic heterocycles. The van der Waals surface area contributed by atoms with E-state index in [0.29, 0.717) is 6.04 Å². The third-order valence-corrected chi connectivity index (χ3v) is 5.56. The van der Waals surface area contributed by atoms with Crippen LogP contribution in [0.1, 0.15) is 58.4 Å². The molecule has 0 spiro atoms. The first-order valence-corrected chi connectivity index (χ1v) is 10.4. The molecule has 1 aliphatic rings. The van der Waals surface area contributed by atoms with Crippen LogP contribution in [0.25, 0.3) is 0 Å². The molecule has 2 amide bonds. The topological polar surface area (TPSA) is 52.7 Å². The quantitative estimate of drug-likeness (QED) is 0.753. The summed E-state index contributed by atoms with van der Waals surface area (Å²) in [5.74, 6) is 0.0989. The summed E-state index contributed by atoms with van der Waals surface area (Å²) in [5, 5.41) is 2.99. The molecule has 27 heavy (non-hydrogen) atoms. The van der Waals surface area contributed by atoms with Crippen molar-refractivity contribution in [3.8, 4) is 0 Å². The Hall–Kier alpha value is -1.88. The van der Waals surface area contributed by atoms with E-state index in [1.807, 2.05) is 43.0 Å². The van der Waals surface area contributed by atoms with Crippen LogP contribution in [0.3, 0.4) is 0 Å². The summed E-state index contributed by atoms with van der Waals surface area (Å²) < 4.78 is 0. The minimum absolute atomic E-state index is 0.0666. The first-order valence-electron chi connectivity index (χ1n) is 10.4. The SMILES string of the molecule is CCCN(CC(=O)Nc1ccccc1C)C(C)C(=O)N1CCCCC1CC. The number of hydrogen-bond donors (Lipinski definition) is 1. The number of benzene rings is 1. The van der Waals surface area contributed by atoms with Crippen molar-refractivity contribution < 1.29 is 9.59 Å². The van der Waals surface area contributed by atoms with Gasteiger partial charge in [-0.1, -0.05) is 32.0 Å². The van der Waals surface area contributed by atoms with Gasteiger partial charge in [0, 0.05) is 18.3 Å². The average molecular weight is 374 g/mol. The van der Waals surface area contributed by atoms with E-state index in [9.17, 15) is 9.59 Å². The lowest BCUT2D eigenvalue weighted by Gasteiger charge is -2.39. The molecule has 0 aliphatic carbocycles. The molecule has 2 unspecified atom stereocenters. The Morgan fingerprint density at radius 2 is 2.00 bits per heavy atom. The van der Waals surface area contributed by atoms with Gasteiger partial charge in [-0.05, 0) is 64.1 Å². The van der Waals surface area contributed by atoms with E-state index in [1.54, 1.807) is 0 Å². The van der Waals surface area contributed by atoms with Crippen molar-refractivity contribution in [1.29, 1.82) is 0 Å². The zero-order chi connectivity index (χ0) is 19.8. The fourth-order valence-corrected chi connectivity index (χ4v) is 3.90. The van der Waals surface area contributed by atoms with E-state index >= 15 is 0 Å². The monoisotopic (exact) mass is 373 g/mol. The van der Waals surface area contributed by atoms with Crippen molar-refractivity contribution in [2.45, 2.75) is 71.9 Å². The highest BCUT2D eigenvalue weighted by atomic mass is 16.2. The molecular formula is C22H35N3O2. The minimum atomic E-state index is -0.278. The number of para-hydroxylation sites is 1. The van der Waals surface area contributed by atoms with Crippen molar-refractivity contribution in [2.75, 3.05) is 25.0 Å². The molecule has 1 aromatic carbocycles. The predicted octanol–water partition coefficient (Wildman–Crippen LogP) is 3.83. The molecule has 1 heterocycles. The fraction of sp³-hybridized carbons (Fsp3) is 0.636. The number of piperidine rings is 1. The van der Waals surface area contributed by atoms with Crippen molar-refractivity contribution in [1.82, 2.24) is 9.80 Å². The van der Waals surface area contributed by atoms with Gasteiger partial charge >= 0.3 is 0 Å². The maximum Gasteiger partial charge on any atom is 0.239 e. The van der Waals surface area contributed by atoms with Gasteiger partial charge in [0.05, 0.1) is 12.6 Å². The van der Waals surface area contributed by atoms with Crippen LogP contribution in [0.4, 0.5) is 5.69 Å². The van der Waals surface area contributed by atoms with Gasteiger partial charge in [-0.3, -0.25) is 14.5 Å². The number of carbonyl (C=O) groups excluding carboxylic acids is 2. The summed E-state index contributed by atoms with van der Waals surface area (Å²) in [6, 6.07) is 7.83. The van der Waals surface area contributed by atoms with Crippen molar-refractivity contribution >= 4 is 17.5 Å². The average Bonchev–Trinajstić information content (AvgIpc) is 2.68. The van der Waals surface area contributed by atoms with Crippen molar-refractivity contribution in [3.05, 3.63) is 29.8 Å². The molecule has 2 atom stereocenters. The molecule has 150 valence electrons. The van der Waals surface area contributed by atoms with Crippen molar-refractivity contribution in [3.63, 3.8) is 0 Å². The Labute approximate surface area is 164 Å². The highest BCUT2D eigenvalue weighted by Gasteiger charge is 2.31. The second kappa shape index (κ2) is 10.5. The Balaban J connectivity index is 2.03. The Bertz CT molecular complexity index is 632. The van der Waals surface area contributed by atoms with Crippen LogP contribution in [0.2, 0.25) is 0 Å². The molecule has 1 fully saturated rings. The zero-order valence-corrected chi connectivity index (χ0v) is 17.3. The van der Waals surface area contributed by atoms with Crippen LogP contribution in [-0.4, -0.2) is 53.3 Å². The van der Waals surface area contributed by atoms with Gasteiger partial charge in [0.2, 0.25) is 11.8 Å². The van der Waals surface area contributed by atoms with Crippen LogP contribution in [0, 0.1) is 6.92 Å². The molecule has 0 radical (unpaired) electrons. The second-order valence-corrected chi connectivity index (χ2v) is 7.60. The van der Waals surface area contributed by atoms with E-state index in [4.69, 9.17) is 0 Å². The van der Waals surface area contributed by atoms with Gasteiger partial charge in [0.1, 0.15) is 0 Å². The number of anilines is 1. The number of likely N-dealkylation sites (tertiary alicyclic amines) is 1. The highest BCUT2D eigenvalue weighted by molar-refractivity contribution is 5.93. The van der Waals surface area contributed by atoms with Gasteiger partial charge in [-0.2, -0.15) is 0 Å². The van der Waals surface area contributed by atoms with Gasteiger partial charge in [0.25, 0.3) is 0 Å². The van der Waals surface area contributed by atoms with E-state index < -0.39 is 0 Å². The third kappa shape index (κ3) is 5.80. The number of aryl methyl sites for hydroxylation is 1. The van der Waals surface area contributed by atoms with Crippen LogP contribution in [-0.2, 0) is 9.59 Å². The van der Waals surface area contributed by atoms with E-state index in [0.717, 1.165) is 50.0 Å². The van der Waals surface area contributed by atoms with Crippen LogP contribution >= 0.6 is 0 Å². The van der Waals surface area contributed by atoms with E-state index in [-0.39, 0.29) is 24.4 Å². The molecule has 1 aromatic rings. The van der Waals surface area contributed by atoms with Crippen LogP contribution in [0.15, 0.2) is 24.3 Å². The van der Waals surface area contributed by atoms with E-state index in [1.165, 1.54) is 6.42 Å². The Morgan fingerprint density at radius 3 is 2.67 bits per heavy atom. The summed E-state index contributed by atoms with van der Waals surface area (Å²) in [6.45, 7) is 9.97. The Kier molecular flexibility index (Phi) is 8.29. The number of amides is 2. The third-order valence-electron chi connectivity index (χ3n) is 5.56. The number of nitrogens with one attached hydrogen (secondary N) is 1. The summed E-state index contributed by atoms with van der Waals surface area (Å²) in [6.07, 6.45) is 5.29. The fourth-order valence-electron chi connectivity index (χ4n) is 3.90. The van der Waals surface area contributed by atoms with Gasteiger partial charge in [-0.25, -0.2) is 0 Å². The number of hydrogen-bond acceptors (Lipinski definition) is 3. The maximum absolute atomic E-state index is 13.1. The largest absolute Gasteiger partial charge is 0.338 e. The molecule has 0 bridgehead atoms. The lowest BCUT2D eigenvalue weighted by atomic mass is 9.99. The first kappa shape index (κ1) is 21.4. The minimum Gasteiger partial charge on any atom is -0.338 e. The highest BCUT2D eigenvalue weighted by Crippen LogP contribution is 2.21. The smallest absolute Gasteiger partial charge is 0.239 e. The van der Waals surface area contributed by atoms with Gasteiger partial charge < -0.3 is 10.2 Å². The molecule has 1 aliphatic heterocycles. The lowest BCUT2D eigenvalue weighted by Crippen LogP contribution is -2.53. The predicted molar refractivity (Wildman–Crippen MR) is 111 cm³/mol. The summed E-state index contributed by atoms with van der Waals surface area (Å²) in [5.41, 5.74) is 1.87. The maximum atomic E-state index is 13.1. The standard InChI is InChI=1S/C22H35N3O2/c1-5-14-24(16-21(26)23-20-13-8-7-11-17(20)3)18(4)22(27)25-15-10-9-12-19(25)6-2/h7-8,11,13,18-19H,5-6,9-10,12,14-16H2,1-4H3,(H,23,26). The molecule has 0 saturated carbocycles. The zero-order valence-electron chi connectivity index (χ0n) is 17.3. The summed E-state index contributed by atoms with van der Waals surface area (Å²) in [7, 11) is 0. The number of nitrogens with zero attached hydrogens (tertiary/aromatic N) is 2.